The maximum atomic E-state index is 12.1. The largest absolute Gasteiger partial charge is 0.464 e. The number of amides is 1. The summed E-state index contributed by atoms with van der Waals surface area (Å²) in [6.07, 6.45) is 2.42. The van der Waals surface area contributed by atoms with Crippen molar-refractivity contribution in [3.8, 4) is 0 Å². The maximum Gasteiger partial charge on any atom is 0.408 e. The summed E-state index contributed by atoms with van der Waals surface area (Å²) in [6, 6.07) is 0. The molecule has 1 rings (SSSR count). The highest BCUT2D eigenvalue weighted by atomic mass is 16.6. The van der Waals surface area contributed by atoms with Crippen LogP contribution in [0.1, 0.15) is 40.5 Å². The first-order valence-corrected chi connectivity index (χ1v) is 6.56. The van der Waals surface area contributed by atoms with E-state index in [2.05, 4.69) is 11.9 Å². The van der Waals surface area contributed by atoms with Crippen LogP contribution in [0.25, 0.3) is 0 Å². The molecule has 19 heavy (non-hydrogen) atoms. The van der Waals surface area contributed by atoms with Gasteiger partial charge in [-0.15, -0.1) is 6.58 Å². The van der Waals surface area contributed by atoms with Crippen molar-refractivity contribution < 1.29 is 19.1 Å². The fourth-order valence-corrected chi connectivity index (χ4v) is 2.12. The van der Waals surface area contributed by atoms with Gasteiger partial charge < -0.3 is 14.8 Å². The van der Waals surface area contributed by atoms with E-state index in [1.807, 2.05) is 0 Å². The lowest BCUT2D eigenvalue weighted by molar-refractivity contribution is -0.158. The number of nitrogens with one attached hydrogen (secondary N) is 1. The number of hydrogen-bond donors (Lipinski definition) is 1. The van der Waals surface area contributed by atoms with Gasteiger partial charge >= 0.3 is 12.1 Å². The number of rotatable bonds is 4. The number of ether oxygens (including phenoxy) is 2. The van der Waals surface area contributed by atoms with Gasteiger partial charge in [0.05, 0.1) is 6.61 Å². The molecule has 1 saturated carbocycles. The van der Waals surface area contributed by atoms with Crippen molar-refractivity contribution in [1.29, 1.82) is 0 Å². The first kappa shape index (κ1) is 15.5. The zero-order valence-corrected chi connectivity index (χ0v) is 12.1. The topological polar surface area (TPSA) is 64.6 Å². The summed E-state index contributed by atoms with van der Waals surface area (Å²) >= 11 is 0. The molecular weight excluding hydrogens is 246 g/mol. The molecule has 0 bridgehead atoms. The fraction of sp³-hybridized carbons (Fsp3) is 0.714. The van der Waals surface area contributed by atoms with E-state index in [9.17, 15) is 9.59 Å². The lowest BCUT2D eigenvalue weighted by atomic mass is 9.66. The molecule has 2 atom stereocenters. The third-order valence-electron chi connectivity index (χ3n) is 3.13. The van der Waals surface area contributed by atoms with Gasteiger partial charge in [-0.2, -0.15) is 0 Å². The van der Waals surface area contributed by atoms with Crippen LogP contribution >= 0.6 is 0 Å². The summed E-state index contributed by atoms with van der Waals surface area (Å²) in [5, 5.41) is 2.67. The molecule has 1 aliphatic carbocycles. The van der Waals surface area contributed by atoms with Gasteiger partial charge in [0.1, 0.15) is 11.1 Å². The average molecular weight is 269 g/mol. The molecule has 1 amide bonds. The van der Waals surface area contributed by atoms with Gasteiger partial charge in [0.2, 0.25) is 0 Å². The lowest BCUT2D eigenvalue weighted by Gasteiger charge is -2.45. The Hall–Kier alpha value is -1.52. The Labute approximate surface area is 114 Å². The Bertz CT molecular complexity index is 372. The second kappa shape index (κ2) is 5.63. The molecule has 1 N–H and O–H groups in total. The molecular formula is C14H23NO4. The average Bonchev–Trinajstić information content (AvgIpc) is 2.22. The number of carbonyl (C=O) groups is 2. The van der Waals surface area contributed by atoms with Crippen molar-refractivity contribution in [3.05, 3.63) is 12.7 Å². The van der Waals surface area contributed by atoms with Crippen LogP contribution in [0, 0.1) is 5.92 Å². The highest BCUT2D eigenvalue weighted by molar-refractivity contribution is 5.87. The first-order chi connectivity index (χ1) is 8.75. The van der Waals surface area contributed by atoms with Crippen molar-refractivity contribution in [2.24, 2.45) is 5.92 Å². The van der Waals surface area contributed by atoms with Crippen LogP contribution < -0.4 is 5.32 Å². The van der Waals surface area contributed by atoms with E-state index in [0.29, 0.717) is 6.42 Å². The van der Waals surface area contributed by atoms with E-state index in [0.717, 1.165) is 6.42 Å². The highest BCUT2D eigenvalue weighted by Gasteiger charge is 2.54. The molecule has 0 aromatic carbocycles. The summed E-state index contributed by atoms with van der Waals surface area (Å²) < 4.78 is 10.3. The molecule has 2 unspecified atom stereocenters. The number of hydrogen-bond acceptors (Lipinski definition) is 4. The van der Waals surface area contributed by atoms with E-state index in [4.69, 9.17) is 9.47 Å². The quantitative estimate of drug-likeness (QED) is 0.628. The van der Waals surface area contributed by atoms with Crippen LogP contribution in [-0.4, -0.2) is 29.8 Å². The monoisotopic (exact) mass is 269 g/mol. The molecule has 0 radical (unpaired) electrons. The molecule has 0 saturated heterocycles. The van der Waals surface area contributed by atoms with Crippen molar-refractivity contribution in [1.82, 2.24) is 5.32 Å². The summed E-state index contributed by atoms with van der Waals surface area (Å²) in [4.78, 5) is 23.9. The second-order valence-electron chi connectivity index (χ2n) is 5.70. The molecule has 108 valence electrons. The van der Waals surface area contributed by atoms with Gasteiger partial charge in [0, 0.05) is 5.92 Å². The van der Waals surface area contributed by atoms with E-state index < -0.39 is 23.2 Å². The minimum absolute atomic E-state index is 0.112. The van der Waals surface area contributed by atoms with Crippen molar-refractivity contribution in [3.63, 3.8) is 0 Å². The van der Waals surface area contributed by atoms with Gasteiger partial charge in [-0.1, -0.05) is 6.08 Å². The Morgan fingerprint density at radius 3 is 2.47 bits per heavy atom. The van der Waals surface area contributed by atoms with E-state index in [-0.39, 0.29) is 12.5 Å². The van der Waals surface area contributed by atoms with Crippen LogP contribution in [0.5, 0.6) is 0 Å². The van der Waals surface area contributed by atoms with Crippen LogP contribution in [0.3, 0.4) is 0 Å². The molecule has 5 heteroatoms. The molecule has 1 aliphatic rings. The van der Waals surface area contributed by atoms with Gasteiger partial charge in [0.15, 0.2) is 0 Å². The predicted octanol–water partition coefficient (Wildman–Crippen LogP) is 2.41. The molecule has 0 aromatic rings. The van der Waals surface area contributed by atoms with Gasteiger partial charge in [-0.05, 0) is 40.5 Å². The maximum absolute atomic E-state index is 12.1. The molecule has 0 aliphatic heterocycles. The molecule has 5 nitrogen and oxygen atoms in total. The van der Waals surface area contributed by atoms with Crippen LogP contribution in [0.2, 0.25) is 0 Å². The minimum Gasteiger partial charge on any atom is -0.464 e. The number of esters is 1. The van der Waals surface area contributed by atoms with E-state index in [1.165, 1.54) is 0 Å². The standard InChI is InChI=1S/C14H23NO4/c1-6-10-8-9-14(10,11(16)18-7-2)15-12(17)19-13(3,4)5/h6,10H,1,7-9H2,2-5H3,(H,15,17). The van der Waals surface area contributed by atoms with Crippen molar-refractivity contribution in [2.45, 2.75) is 51.7 Å². The summed E-state index contributed by atoms with van der Waals surface area (Å²) in [5.74, 6) is -0.531. The highest BCUT2D eigenvalue weighted by Crippen LogP contribution is 2.40. The van der Waals surface area contributed by atoms with Crippen LogP contribution in [-0.2, 0) is 14.3 Å². The smallest absolute Gasteiger partial charge is 0.408 e. The summed E-state index contributed by atoms with van der Waals surface area (Å²) in [7, 11) is 0. The van der Waals surface area contributed by atoms with Gasteiger partial charge in [-0.3, -0.25) is 0 Å². The van der Waals surface area contributed by atoms with Crippen molar-refractivity contribution in [2.75, 3.05) is 6.61 Å². The molecule has 0 spiro atoms. The number of alkyl carbamates (subject to hydrolysis) is 1. The van der Waals surface area contributed by atoms with Crippen LogP contribution in [0.15, 0.2) is 12.7 Å². The molecule has 0 heterocycles. The SMILES string of the molecule is C=CC1CCC1(NC(=O)OC(C)(C)C)C(=O)OCC. The van der Waals surface area contributed by atoms with Gasteiger partial charge in [-0.25, -0.2) is 9.59 Å². The molecule has 1 fully saturated rings. The van der Waals surface area contributed by atoms with Crippen LogP contribution in [0.4, 0.5) is 4.79 Å². The van der Waals surface area contributed by atoms with E-state index in [1.54, 1.807) is 33.8 Å². The summed E-state index contributed by atoms with van der Waals surface area (Å²) in [6.45, 7) is 11.0. The lowest BCUT2D eigenvalue weighted by Crippen LogP contribution is -2.65. The minimum atomic E-state index is -1.01. The normalized spacial score (nSPS) is 26.0. The second-order valence-corrected chi connectivity index (χ2v) is 5.70. The van der Waals surface area contributed by atoms with E-state index >= 15 is 0 Å². The third kappa shape index (κ3) is 3.49. The fourth-order valence-electron chi connectivity index (χ4n) is 2.12. The third-order valence-corrected chi connectivity index (χ3v) is 3.13. The van der Waals surface area contributed by atoms with Crippen molar-refractivity contribution >= 4 is 12.1 Å². The number of carbonyl (C=O) groups excluding carboxylic acids is 2. The Balaban J connectivity index is 2.79. The molecule has 0 aromatic heterocycles. The Kier molecular flexibility index (Phi) is 4.61. The zero-order valence-electron chi connectivity index (χ0n) is 12.1. The summed E-state index contributed by atoms with van der Waals surface area (Å²) in [5.41, 5.74) is -1.62. The Morgan fingerprint density at radius 2 is 2.11 bits per heavy atom. The van der Waals surface area contributed by atoms with Gasteiger partial charge in [0.25, 0.3) is 0 Å². The zero-order chi connectivity index (χ0) is 14.7. The first-order valence-electron chi connectivity index (χ1n) is 6.56. The Morgan fingerprint density at radius 1 is 1.47 bits per heavy atom. The predicted molar refractivity (Wildman–Crippen MR) is 71.7 cm³/mol.